The van der Waals surface area contributed by atoms with Crippen LogP contribution in [0.25, 0.3) is 11.3 Å². The molecule has 0 aliphatic rings. The van der Waals surface area contributed by atoms with Gasteiger partial charge in [0, 0.05) is 24.0 Å². The molecule has 3 rings (SSSR count). The van der Waals surface area contributed by atoms with Gasteiger partial charge in [0.2, 0.25) is 0 Å². The fraction of sp³-hybridized carbons (Fsp3) is 0.211. The molecule has 1 aromatic carbocycles. The fourth-order valence-corrected chi connectivity index (χ4v) is 2.57. The van der Waals surface area contributed by atoms with Crippen molar-refractivity contribution in [3.05, 3.63) is 66.1 Å². The summed E-state index contributed by atoms with van der Waals surface area (Å²) in [4.78, 5) is 16.5. The topological polar surface area (TPSA) is 79.9 Å². The second-order valence-corrected chi connectivity index (χ2v) is 5.84. The van der Waals surface area contributed by atoms with Crippen molar-refractivity contribution in [1.82, 2.24) is 20.5 Å². The smallest absolute Gasteiger partial charge is 0.269 e. The van der Waals surface area contributed by atoms with Crippen LogP contribution in [0, 0.1) is 0 Å². The summed E-state index contributed by atoms with van der Waals surface area (Å²) in [5, 5.41) is 9.98. The Kier molecular flexibility index (Phi) is 5.09. The highest BCUT2D eigenvalue weighted by Gasteiger charge is 2.14. The van der Waals surface area contributed by atoms with Crippen LogP contribution < -0.4 is 10.1 Å². The number of ether oxygens (including phenoxy) is 1. The molecule has 6 heteroatoms. The summed E-state index contributed by atoms with van der Waals surface area (Å²) in [5.74, 6) is 0.602. The lowest BCUT2D eigenvalue weighted by Gasteiger charge is -2.12. The molecule has 6 nitrogen and oxygen atoms in total. The number of benzene rings is 1. The lowest BCUT2D eigenvalue weighted by Crippen LogP contribution is -2.34. The minimum absolute atomic E-state index is 0.00978. The molecule has 2 aromatic heterocycles. The van der Waals surface area contributed by atoms with E-state index in [0.717, 1.165) is 23.3 Å². The van der Waals surface area contributed by atoms with E-state index in [-0.39, 0.29) is 11.9 Å². The van der Waals surface area contributed by atoms with Gasteiger partial charge in [-0.15, -0.1) is 0 Å². The number of methoxy groups -OCH3 is 1. The molecule has 25 heavy (non-hydrogen) atoms. The molecule has 2 heterocycles. The summed E-state index contributed by atoms with van der Waals surface area (Å²) in [6, 6.07) is 13.1. The van der Waals surface area contributed by atoms with E-state index in [1.165, 1.54) is 0 Å². The molecular weight excluding hydrogens is 316 g/mol. The summed E-state index contributed by atoms with van der Waals surface area (Å²) in [6.45, 7) is 1.96. The predicted molar refractivity (Wildman–Crippen MR) is 95.4 cm³/mol. The van der Waals surface area contributed by atoms with E-state index in [1.54, 1.807) is 25.6 Å². The highest BCUT2D eigenvalue weighted by molar-refractivity contribution is 5.93. The molecule has 0 aliphatic carbocycles. The maximum absolute atomic E-state index is 12.4. The molecule has 1 atom stereocenters. The maximum Gasteiger partial charge on any atom is 0.269 e. The summed E-state index contributed by atoms with van der Waals surface area (Å²) in [7, 11) is 1.62. The van der Waals surface area contributed by atoms with Crippen LogP contribution in [0.4, 0.5) is 0 Å². The van der Waals surface area contributed by atoms with Crippen molar-refractivity contribution in [2.75, 3.05) is 7.11 Å². The van der Waals surface area contributed by atoms with Crippen LogP contribution in [0.15, 0.2) is 54.9 Å². The van der Waals surface area contributed by atoms with Gasteiger partial charge in [0.15, 0.2) is 0 Å². The lowest BCUT2D eigenvalue weighted by molar-refractivity contribution is 0.0935. The van der Waals surface area contributed by atoms with Gasteiger partial charge in [0.05, 0.1) is 12.8 Å². The van der Waals surface area contributed by atoms with Gasteiger partial charge in [-0.25, -0.2) is 0 Å². The first-order valence-corrected chi connectivity index (χ1v) is 8.05. The molecule has 0 saturated carbocycles. The number of hydrogen-bond acceptors (Lipinski definition) is 4. The van der Waals surface area contributed by atoms with Crippen molar-refractivity contribution in [2.45, 2.75) is 19.4 Å². The number of hydrogen-bond donors (Lipinski definition) is 2. The SMILES string of the molecule is COc1ccc(-c2cc(C(=O)N[C@H](C)Cc3cccnc3)[nH]n2)cc1. The van der Waals surface area contributed by atoms with E-state index in [1.807, 2.05) is 43.3 Å². The highest BCUT2D eigenvalue weighted by atomic mass is 16.5. The molecule has 0 saturated heterocycles. The van der Waals surface area contributed by atoms with Crippen molar-refractivity contribution in [2.24, 2.45) is 0 Å². The summed E-state index contributed by atoms with van der Waals surface area (Å²) in [5.41, 5.74) is 3.15. The zero-order valence-electron chi connectivity index (χ0n) is 14.2. The average Bonchev–Trinajstić information content (AvgIpc) is 3.13. The van der Waals surface area contributed by atoms with Crippen LogP contribution in [0.3, 0.4) is 0 Å². The Morgan fingerprint density at radius 3 is 2.76 bits per heavy atom. The second kappa shape index (κ2) is 7.61. The molecular formula is C19H20N4O2. The maximum atomic E-state index is 12.4. The van der Waals surface area contributed by atoms with Crippen molar-refractivity contribution in [3.8, 4) is 17.0 Å². The van der Waals surface area contributed by atoms with E-state index in [2.05, 4.69) is 20.5 Å². The first kappa shape index (κ1) is 16.7. The number of aromatic nitrogens is 3. The van der Waals surface area contributed by atoms with E-state index in [9.17, 15) is 4.79 Å². The van der Waals surface area contributed by atoms with Crippen LogP contribution in [0.2, 0.25) is 0 Å². The molecule has 1 amide bonds. The molecule has 0 fully saturated rings. The summed E-state index contributed by atoms with van der Waals surface area (Å²) >= 11 is 0. The standard InChI is InChI=1S/C19H20N4O2/c1-13(10-14-4-3-9-20-12-14)21-19(24)18-11-17(22-23-18)15-5-7-16(25-2)8-6-15/h3-9,11-13H,10H2,1-2H3,(H,21,24)(H,22,23)/t13-/m1/s1. The van der Waals surface area contributed by atoms with Gasteiger partial charge in [0.25, 0.3) is 5.91 Å². The molecule has 0 unspecified atom stereocenters. The van der Waals surface area contributed by atoms with Crippen LogP contribution >= 0.6 is 0 Å². The van der Waals surface area contributed by atoms with E-state index >= 15 is 0 Å². The van der Waals surface area contributed by atoms with Crippen molar-refractivity contribution >= 4 is 5.91 Å². The van der Waals surface area contributed by atoms with E-state index in [4.69, 9.17) is 4.74 Å². The van der Waals surface area contributed by atoms with E-state index in [0.29, 0.717) is 11.4 Å². The third-order valence-electron chi connectivity index (χ3n) is 3.85. The number of H-pyrrole nitrogens is 1. The number of carbonyl (C=O) groups is 1. The molecule has 0 bridgehead atoms. The summed E-state index contributed by atoms with van der Waals surface area (Å²) in [6.07, 6.45) is 4.26. The van der Waals surface area contributed by atoms with Gasteiger partial charge < -0.3 is 10.1 Å². The first-order valence-electron chi connectivity index (χ1n) is 8.05. The van der Waals surface area contributed by atoms with Crippen LogP contribution in [-0.4, -0.2) is 34.2 Å². The minimum Gasteiger partial charge on any atom is -0.497 e. The number of rotatable bonds is 6. The van der Waals surface area contributed by atoms with Gasteiger partial charge in [-0.3, -0.25) is 14.9 Å². The Bertz CT molecular complexity index is 828. The molecule has 0 spiro atoms. The second-order valence-electron chi connectivity index (χ2n) is 5.84. The fourth-order valence-electron chi connectivity index (χ4n) is 2.57. The van der Waals surface area contributed by atoms with Gasteiger partial charge in [-0.05, 0) is 55.3 Å². The van der Waals surface area contributed by atoms with Crippen LogP contribution in [0.1, 0.15) is 23.0 Å². The quantitative estimate of drug-likeness (QED) is 0.725. The third kappa shape index (κ3) is 4.23. The zero-order valence-corrected chi connectivity index (χ0v) is 14.2. The van der Waals surface area contributed by atoms with Crippen molar-refractivity contribution < 1.29 is 9.53 Å². The Labute approximate surface area is 146 Å². The van der Waals surface area contributed by atoms with Crippen molar-refractivity contribution in [1.29, 1.82) is 0 Å². The van der Waals surface area contributed by atoms with E-state index < -0.39 is 0 Å². The summed E-state index contributed by atoms with van der Waals surface area (Å²) < 4.78 is 5.14. The third-order valence-corrected chi connectivity index (χ3v) is 3.85. The first-order chi connectivity index (χ1) is 12.2. The van der Waals surface area contributed by atoms with Gasteiger partial charge in [-0.2, -0.15) is 5.10 Å². The van der Waals surface area contributed by atoms with Crippen molar-refractivity contribution in [3.63, 3.8) is 0 Å². The number of aromatic amines is 1. The largest absolute Gasteiger partial charge is 0.497 e. The number of nitrogens with zero attached hydrogens (tertiary/aromatic N) is 2. The number of nitrogens with one attached hydrogen (secondary N) is 2. The molecule has 0 radical (unpaired) electrons. The monoisotopic (exact) mass is 336 g/mol. The molecule has 128 valence electrons. The number of carbonyl (C=O) groups excluding carboxylic acids is 1. The van der Waals surface area contributed by atoms with Crippen LogP contribution in [0.5, 0.6) is 5.75 Å². The Hall–Kier alpha value is -3.15. The van der Waals surface area contributed by atoms with Gasteiger partial charge >= 0.3 is 0 Å². The Balaban J connectivity index is 1.63. The Morgan fingerprint density at radius 2 is 2.08 bits per heavy atom. The average molecular weight is 336 g/mol. The highest BCUT2D eigenvalue weighted by Crippen LogP contribution is 2.21. The lowest BCUT2D eigenvalue weighted by atomic mass is 10.1. The molecule has 2 N–H and O–H groups in total. The van der Waals surface area contributed by atoms with Crippen LogP contribution in [-0.2, 0) is 6.42 Å². The number of amides is 1. The normalized spacial score (nSPS) is 11.8. The molecule has 0 aliphatic heterocycles. The Morgan fingerprint density at radius 1 is 1.28 bits per heavy atom. The molecule has 3 aromatic rings. The van der Waals surface area contributed by atoms with Gasteiger partial charge in [0.1, 0.15) is 11.4 Å². The zero-order chi connectivity index (χ0) is 17.6. The predicted octanol–water partition coefficient (Wildman–Crippen LogP) is 2.84. The number of pyridine rings is 1. The minimum atomic E-state index is -0.177. The van der Waals surface area contributed by atoms with Gasteiger partial charge in [-0.1, -0.05) is 6.07 Å².